The molecule has 0 aliphatic carbocycles. The fourth-order valence-electron chi connectivity index (χ4n) is 1.25. The van der Waals surface area contributed by atoms with E-state index in [2.05, 4.69) is 17.2 Å². The van der Waals surface area contributed by atoms with E-state index < -0.39 is 0 Å². The summed E-state index contributed by atoms with van der Waals surface area (Å²) >= 11 is 0. The highest BCUT2D eigenvalue weighted by atomic mass is 16.2. The lowest BCUT2D eigenvalue weighted by Crippen LogP contribution is -2.19. The molecule has 0 aliphatic heterocycles. The highest BCUT2D eigenvalue weighted by molar-refractivity contribution is 5.73. The van der Waals surface area contributed by atoms with Gasteiger partial charge in [0, 0.05) is 19.1 Å². The molecule has 1 amide bonds. The second-order valence-electron chi connectivity index (χ2n) is 3.39. The number of benzene rings is 1. The summed E-state index contributed by atoms with van der Waals surface area (Å²) in [7, 11) is 0. The van der Waals surface area contributed by atoms with E-state index in [-0.39, 0.29) is 12.5 Å². The Kier molecular flexibility index (Phi) is 5.10. The summed E-state index contributed by atoms with van der Waals surface area (Å²) in [4.78, 5) is 10.6. The zero-order valence-electron chi connectivity index (χ0n) is 9.29. The topological polar surface area (TPSA) is 49.3 Å². The first-order chi connectivity index (χ1) is 7.72. The van der Waals surface area contributed by atoms with Crippen LogP contribution in [0.5, 0.6) is 0 Å². The Labute approximate surface area is 95.5 Å². The van der Waals surface area contributed by atoms with Gasteiger partial charge in [-0.1, -0.05) is 24.0 Å². The molecule has 16 heavy (non-hydrogen) atoms. The number of hydrogen-bond acceptors (Lipinski definition) is 2. The first kappa shape index (κ1) is 12.3. The van der Waals surface area contributed by atoms with Crippen LogP contribution in [0, 0.1) is 11.8 Å². The number of amides is 1. The molecule has 1 aromatic rings. The van der Waals surface area contributed by atoms with Gasteiger partial charge in [0.15, 0.2) is 0 Å². The van der Waals surface area contributed by atoms with E-state index in [1.807, 2.05) is 24.3 Å². The van der Waals surface area contributed by atoms with Crippen LogP contribution in [0.1, 0.15) is 18.1 Å². The van der Waals surface area contributed by atoms with Crippen molar-refractivity contribution in [3.8, 4) is 11.8 Å². The predicted molar refractivity (Wildman–Crippen MR) is 62.8 cm³/mol. The molecule has 3 heteroatoms. The number of nitrogens with one attached hydrogen (secondary N) is 1. The molecular formula is C13H15NO2. The van der Waals surface area contributed by atoms with Crippen LogP contribution in [0.2, 0.25) is 0 Å². The summed E-state index contributed by atoms with van der Waals surface area (Å²) in [5.74, 6) is 5.73. The second-order valence-corrected chi connectivity index (χ2v) is 3.39. The van der Waals surface area contributed by atoms with Gasteiger partial charge >= 0.3 is 0 Å². The number of carbonyl (C=O) groups excluding carboxylic acids is 1. The SMILES string of the molecule is CC(=O)NCC#Cc1cccc(CCO)c1. The fourth-order valence-corrected chi connectivity index (χ4v) is 1.25. The minimum Gasteiger partial charge on any atom is -0.396 e. The van der Waals surface area contributed by atoms with Crippen LogP contribution in [0.4, 0.5) is 0 Å². The van der Waals surface area contributed by atoms with E-state index in [1.54, 1.807) is 0 Å². The predicted octanol–water partition coefficient (Wildman–Crippen LogP) is 0.709. The molecule has 2 N–H and O–H groups in total. The Balaban J connectivity index is 2.58. The summed E-state index contributed by atoms with van der Waals surface area (Å²) in [5.41, 5.74) is 1.96. The van der Waals surface area contributed by atoms with E-state index >= 15 is 0 Å². The smallest absolute Gasteiger partial charge is 0.217 e. The minimum atomic E-state index is -0.0802. The standard InChI is InChI=1S/C13H15NO2/c1-11(16)14-8-3-6-12-4-2-5-13(10-12)7-9-15/h2,4-5,10,15H,7-9H2,1H3,(H,14,16). The van der Waals surface area contributed by atoms with Crippen molar-refractivity contribution in [3.63, 3.8) is 0 Å². The number of aliphatic hydroxyl groups is 1. The molecule has 1 rings (SSSR count). The van der Waals surface area contributed by atoms with E-state index in [0.717, 1.165) is 11.1 Å². The molecule has 84 valence electrons. The van der Waals surface area contributed by atoms with E-state index in [9.17, 15) is 4.79 Å². The van der Waals surface area contributed by atoms with Crippen LogP contribution < -0.4 is 5.32 Å². The van der Waals surface area contributed by atoms with Crippen LogP contribution >= 0.6 is 0 Å². The molecule has 3 nitrogen and oxygen atoms in total. The molecule has 0 heterocycles. The van der Waals surface area contributed by atoms with Crippen LogP contribution in [0.25, 0.3) is 0 Å². The van der Waals surface area contributed by atoms with Gasteiger partial charge in [-0.3, -0.25) is 4.79 Å². The lowest BCUT2D eigenvalue weighted by Gasteiger charge is -1.98. The van der Waals surface area contributed by atoms with Crippen LogP contribution in [0.15, 0.2) is 24.3 Å². The number of rotatable bonds is 3. The molecule has 0 radical (unpaired) electrons. The quantitative estimate of drug-likeness (QED) is 0.733. The van der Waals surface area contributed by atoms with E-state index in [0.29, 0.717) is 13.0 Å². The molecule has 0 saturated heterocycles. The Morgan fingerprint density at radius 3 is 3.00 bits per heavy atom. The number of carbonyl (C=O) groups is 1. The average Bonchev–Trinajstić information content (AvgIpc) is 2.25. The Hall–Kier alpha value is -1.79. The van der Waals surface area contributed by atoms with E-state index in [1.165, 1.54) is 6.92 Å². The molecular weight excluding hydrogens is 202 g/mol. The maximum absolute atomic E-state index is 10.6. The third-order valence-electron chi connectivity index (χ3n) is 1.99. The first-order valence-electron chi connectivity index (χ1n) is 5.15. The molecule has 0 aromatic heterocycles. The largest absolute Gasteiger partial charge is 0.396 e. The third-order valence-corrected chi connectivity index (χ3v) is 1.99. The maximum atomic E-state index is 10.6. The van der Waals surface area contributed by atoms with Gasteiger partial charge in [-0.2, -0.15) is 0 Å². The van der Waals surface area contributed by atoms with Crippen molar-refractivity contribution < 1.29 is 9.90 Å². The lowest BCUT2D eigenvalue weighted by molar-refractivity contribution is -0.118. The molecule has 0 bridgehead atoms. The van der Waals surface area contributed by atoms with Crippen molar-refractivity contribution in [2.24, 2.45) is 0 Å². The highest BCUT2D eigenvalue weighted by Gasteiger charge is 1.92. The fraction of sp³-hybridized carbons (Fsp3) is 0.308. The van der Waals surface area contributed by atoms with Crippen molar-refractivity contribution in [3.05, 3.63) is 35.4 Å². The van der Waals surface area contributed by atoms with Crippen molar-refractivity contribution >= 4 is 5.91 Å². The summed E-state index contributed by atoms with van der Waals surface area (Å²) in [5, 5.41) is 11.4. The van der Waals surface area contributed by atoms with Crippen LogP contribution in [-0.2, 0) is 11.2 Å². The second kappa shape index (κ2) is 6.65. The molecule has 0 fully saturated rings. The lowest BCUT2D eigenvalue weighted by atomic mass is 10.1. The average molecular weight is 217 g/mol. The Bertz CT molecular complexity index is 415. The van der Waals surface area contributed by atoms with Gasteiger partial charge in [-0.05, 0) is 24.1 Å². The van der Waals surface area contributed by atoms with Gasteiger partial charge in [-0.15, -0.1) is 0 Å². The van der Waals surface area contributed by atoms with Crippen molar-refractivity contribution in [1.82, 2.24) is 5.32 Å². The van der Waals surface area contributed by atoms with Gasteiger partial charge in [-0.25, -0.2) is 0 Å². The van der Waals surface area contributed by atoms with Gasteiger partial charge in [0.25, 0.3) is 0 Å². The van der Waals surface area contributed by atoms with Gasteiger partial charge in [0.2, 0.25) is 5.91 Å². The summed E-state index contributed by atoms with van der Waals surface area (Å²) in [6, 6.07) is 7.71. The molecule has 0 atom stereocenters. The van der Waals surface area contributed by atoms with Crippen LogP contribution in [0.3, 0.4) is 0 Å². The van der Waals surface area contributed by atoms with Gasteiger partial charge in [0.1, 0.15) is 0 Å². The molecule has 0 saturated carbocycles. The van der Waals surface area contributed by atoms with Gasteiger partial charge in [0.05, 0.1) is 6.54 Å². The molecule has 1 aromatic carbocycles. The van der Waals surface area contributed by atoms with Crippen molar-refractivity contribution in [2.75, 3.05) is 13.2 Å². The molecule has 0 spiro atoms. The first-order valence-corrected chi connectivity index (χ1v) is 5.15. The van der Waals surface area contributed by atoms with Crippen LogP contribution in [-0.4, -0.2) is 24.2 Å². The summed E-state index contributed by atoms with van der Waals surface area (Å²) in [6.07, 6.45) is 0.640. The van der Waals surface area contributed by atoms with Crippen molar-refractivity contribution in [1.29, 1.82) is 0 Å². The summed E-state index contributed by atoms with van der Waals surface area (Å²) < 4.78 is 0. The summed E-state index contributed by atoms with van der Waals surface area (Å²) in [6.45, 7) is 1.96. The Morgan fingerprint density at radius 2 is 2.31 bits per heavy atom. The normalized spacial score (nSPS) is 9.12. The zero-order valence-corrected chi connectivity index (χ0v) is 9.29. The highest BCUT2D eigenvalue weighted by Crippen LogP contribution is 2.04. The Morgan fingerprint density at radius 1 is 1.50 bits per heavy atom. The van der Waals surface area contributed by atoms with E-state index in [4.69, 9.17) is 5.11 Å². The van der Waals surface area contributed by atoms with Gasteiger partial charge < -0.3 is 10.4 Å². The molecule has 0 unspecified atom stereocenters. The zero-order chi connectivity index (χ0) is 11.8. The third kappa shape index (κ3) is 4.63. The maximum Gasteiger partial charge on any atom is 0.217 e. The minimum absolute atomic E-state index is 0.0802. The van der Waals surface area contributed by atoms with Crippen molar-refractivity contribution in [2.45, 2.75) is 13.3 Å². The molecule has 0 aliphatic rings. The number of hydrogen-bond donors (Lipinski definition) is 2. The monoisotopic (exact) mass is 217 g/mol. The number of aliphatic hydroxyl groups excluding tert-OH is 1.